The molecule has 0 unspecified atom stereocenters. The number of benzene rings is 3. The van der Waals surface area contributed by atoms with E-state index in [1.165, 1.54) is 11.1 Å². The Morgan fingerprint density at radius 3 is 1.69 bits per heavy atom. The van der Waals surface area contributed by atoms with Crippen LogP contribution in [0, 0.1) is 5.92 Å². The zero-order chi connectivity index (χ0) is 18.5. The van der Waals surface area contributed by atoms with Gasteiger partial charge in [-0.25, -0.2) is 0 Å². The monoisotopic (exact) mass is 347 g/mol. The van der Waals surface area contributed by atoms with E-state index in [2.05, 4.69) is 43.3 Å². The van der Waals surface area contributed by atoms with E-state index in [0.717, 1.165) is 28.5 Å². The zero-order valence-electron chi connectivity index (χ0n) is 15.6. The van der Waals surface area contributed by atoms with Crippen molar-refractivity contribution in [2.24, 2.45) is 0 Å². The summed E-state index contributed by atoms with van der Waals surface area (Å²) >= 11 is 0. The molecule has 0 aliphatic heterocycles. The van der Waals surface area contributed by atoms with Crippen molar-refractivity contribution in [2.75, 3.05) is 21.3 Å². The van der Waals surface area contributed by atoms with Gasteiger partial charge in [-0.05, 0) is 23.6 Å². The number of ether oxygens (including phenoxy) is 3. The largest absolute Gasteiger partial charge is 0.496 e. The molecule has 3 heteroatoms. The van der Waals surface area contributed by atoms with Crippen LogP contribution >= 0.6 is 0 Å². The van der Waals surface area contributed by atoms with Crippen molar-refractivity contribution in [3.8, 4) is 28.4 Å². The van der Waals surface area contributed by atoms with Gasteiger partial charge >= 0.3 is 0 Å². The molecule has 26 heavy (non-hydrogen) atoms. The molecule has 0 heterocycles. The van der Waals surface area contributed by atoms with E-state index < -0.39 is 0 Å². The first-order valence-corrected chi connectivity index (χ1v) is 8.47. The Labute approximate surface area is 155 Å². The van der Waals surface area contributed by atoms with Crippen LogP contribution in [-0.2, 0) is 0 Å². The molecule has 0 bridgehead atoms. The lowest BCUT2D eigenvalue weighted by molar-refractivity contribution is 0.371. The van der Waals surface area contributed by atoms with E-state index in [-0.39, 0.29) is 0 Å². The maximum absolute atomic E-state index is 5.59. The lowest BCUT2D eigenvalue weighted by atomic mass is 9.90. The van der Waals surface area contributed by atoms with Crippen LogP contribution in [0.15, 0.2) is 66.7 Å². The predicted octanol–water partition coefficient (Wildman–Crippen LogP) is 5.37. The summed E-state index contributed by atoms with van der Waals surface area (Å²) in [6.45, 7) is 2.07. The highest BCUT2D eigenvalue weighted by atomic mass is 16.5. The smallest absolute Gasteiger partial charge is 0.130 e. The first kappa shape index (κ1) is 17.9. The summed E-state index contributed by atoms with van der Waals surface area (Å²) in [7, 11) is 4.94. The Hall–Kier alpha value is -2.94. The molecule has 0 aliphatic rings. The average Bonchev–Trinajstić information content (AvgIpc) is 2.72. The van der Waals surface area contributed by atoms with Gasteiger partial charge in [-0.3, -0.25) is 0 Å². The van der Waals surface area contributed by atoms with Crippen LogP contribution in [0.1, 0.15) is 18.1 Å². The molecule has 0 atom stereocenters. The molecule has 3 rings (SSSR count). The molecular weight excluding hydrogens is 324 g/mol. The summed E-state index contributed by atoms with van der Waals surface area (Å²) < 4.78 is 16.5. The fourth-order valence-corrected chi connectivity index (χ4v) is 3.06. The van der Waals surface area contributed by atoms with Crippen LogP contribution in [0.4, 0.5) is 0 Å². The van der Waals surface area contributed by atoms with Gasteiger partial charge in [0.1, 0.15) is 17.2 Å². The molecule has 0 saturated carbocycles. The van der Waals surface area contributed by atoms with Gasteiger partial charge in [0.25, 0.3) is 0 Å². The molecule has 0 spiro atoms. The van der Waals surface area contributed by atoms with Crippen molar-refractivity contribution in [3.63, 3.8) is 0 Å². The van der Waals surface area contributed by atoms with Crippen LogP contribution < -0.4 is 14.2 Å². The maximum Gasteiger partial charge on any atom is 0.130 e. The van der Waals surface area contributed by atoms with Gasteiger partial charge in [0.05, 0.1) is 21.3 Å². The summed E-state index contributed by atoms with van der Waals surface area (Å²) in [5.74, 6) is 3.24. The van der Waals surface area contributed by atoms with Gasteiger partial charge in [0, 0.05) is 23.6 Å². The van der Waals surface area contributed by atoms with E-state index >= 15 is 0 Å². The average molecular weight is 347 g/mol. The molecular formula is C23H23O3. The molecule has 0 fully saturated rings. The van der Waals surface area contributed by atoms with E-state index in [1.807, 2.05) is 30.3 Å². The molecule has 0 amide bonds. The number of rotatable bonds is 6. The fourth-order valence-electron chi connectivity index (χ4n) is 3.06. The van der Waals surface area contributed by atoms with Gasteiger partial charge in [-0.1, -0.05) is 54.6 Å². The quantitative estimate of drug-likeness (QED) is 0.600. The zero-order valence-corrected chi connectivity index (χ0v) is 15.6. The minimum Gasteiger partial charge on any atom is -0.496 e. The van der Waals surface area contributed by atoms with Crippen molar-refractivity contribution in [1.82, 2.24) is 0 Å². The Kier molecular flexibility index (Phi) is 5.47. The first-order chi connectivity index (χ1) is 12.7. The summed E-state index contributed by atoms with van der Waals surface area (Å²) in [6.07, 6.45) is 0. The lowest BCUT2D eigenvalue weighted by Gasteiger charge is -2.20. The standard InChI is InChI=1S/C23H23O3/c1-16(23-21(25-3)14-20(24-2)15-22(23)26-4)17-10-12-19(13-11-17)18-8-6-5-7-9-18/h5-15H,1-4H3. The van der Waals surface area contributed by atoms with E-state index in [4.69, 9.17) is 14.2 Å². The molecule has 3 nitrogen and oxygen atoms in total. The Morgan fingerprint density at radius 2 is 1.19 bits per heavy atom. The van der Waals surface area contributed by atoms with Crippen molar-refractivity contribution in [2.45, 2.75) is 6.92 Å². The predicted molar refractivity (Wildman–Crippen MR) is 105 cm³/mol. The molecule has 3 aromatic carbocycles. The van der Waals surface area contributed by atoms with Gasteiger partial charge in [-0.15, -0.1) is 0 Å². The van der Waals surface area contributed by atoms with Crippen LogP contribution in [0.5, 0.6) is 17.2 Å². The fraction of sp³-hybridized carbons (Fsp3) is 0.174. The van der Waals surface area contributed by atoms with E-state index in [1.54, 1.807) is 21.3 Å². The van der Waals surface area contributed by atoms with Crippen molar-refractivity contribution < 1.29 is 14.2 Å². The highest BCUT2D eigenvalue weighted by molar-refractivity contribution is 5.66. The third-order valence-corrected chi connectivity index (χ3v) is 4.52. The number of hydrogen-bond donors (Lipinski definition) is 0. The summed E-state index contributed by atoms with van der Waals surface area (Å²) in [5.41, 5.74) is 4.45. The third-order valence-electron chi connectivity index (χ3n) is 4.52. The second kappa shape index (κ2) is 7.96. The van der Waals surface area contributed by atoms with E-state index in [9.17, 15) is 0 Å². The van der Waals surface area contributed by atoms with Gasteiger partial charge in [0.2, 0.25) is 0 Å². The number of hydrogen-bond acceptors (Lipinski definition) is 3. The SMILES string of the molecule is COc1cc(OC)c([C](C)c2ccc(-c3ccccc3)cc2)c(OC)c1. The van der Waals surface area contributed by atoms with Crippen molar-refractivity contribution in [3.05, 3.63) is 83.8 Å². The van der Waals surface area contributed by atoms with Crippen LogP contribution in [0.2, 0.25) is 0 Å². The summed E-state index contributed by atoms with van der Waals surface area (Å²) in [4.78, 5) is 0. The minimum absolute atomic E-state index is 0.703. The van der Waals surface area contributed by atoms with Gasteiger partial charge < -0.3 is 14.2 Å². The second-order valence-electron chi connectivity index (χ2n) is 5.98. The van der Waals surface area contributed by atoms with E-state index in [0.29, 0.717) is 5.75 Å². The lowest BCUT2D eigenvalue weighted by Crippen LogP contribution is -2.04. The van der Waals surface area contributed by atoms with Crippen LogP contribution in [0.3, 0.4) is 0 Å². The Morgan fingerprint density at radius 1 is 0.654 bits per heavy atom. The topological polar surface area (TPSA) is 27.7 Å². The van der Waals surface area contributed by atoms with Gasteiger partial charge in [-0.2, -0.15) is 0 Å². The highest BCUT2D eigenvalue weighted by Crippen LogP contribution is 2.41. The highest BCUT2D eigenvalue weighted by Gasteiger charge is 2.21. The van der Waals surface area contributed by atoms with Crippen LogP contribution in [0.25, 0.3) is 11.1 Å². The Balaban J connectivity index is 1.98. The molecule has 0 N–H and O–H groups in total. The van der Waals surface area contributed by atoms with Gasteiger partial charge in [0.15, 0.2) is 0 Å². The molecule has 0 aliphatic carbocycles. The molecule has 0 saturated heterocycles. The third kappa shape index (κ3) is 3.52. The number of methoxy groups -OCH3 is 3. The summed E-state index contributed by atoms with van der Waals surface area (Å²) in [5, 5.41) is 0. The van der Waals surface area contributed by atoms with Crippen molar-refractivity contribution >= 4 is 0 Å². The Bertz CT molecular complexity index is 829. The molecule has 3 aromatic rings. The van der Waals surface area contributed by atoms with Crippen LogP contribution in [-0.4, -0.2) is 21.3 Å². The molecule has 0 aromatic heterocycles. The summed E-state index contributed by atoms with van der Waals surface area (Å²) in [6, 6.07) is 22.6. The normalized spacial score (nSPS) is 10.7. The maximum atomic E-state index is 5.59. The molecule has 133 valence electrons. The first-order valence-electron chi connectivity index (χ1n) is 8.47. The van der Waals surface area contributed by atoms with Crippen molar-refractivity contribution in [1.29, 1.82) is 0 Å². The molecule has 1 radical (unpaired) electrons. The minimum atomic E-state index is 0.703. The second-order valence-corrected chi connectivity index (χ2v) is 5.98.